The number of nitrogens with zero attached hydrogens (tertiary/aromatic N) is 3. The van der Waals surface area contributed by atoms with E-state index in [4.69, 9.17) is 0 Å². The van der Waals surface area contributed by atoms with Gasteiger partial charge in [-0.3, -0.25) is 14.7 Å². The van der Waals surface area contributed by atoms with E-state index >= 15 is 0 Å². The van der Waals surface area contributed by atoms with Crippen LogP contribution >= 0.6 is 0 Å². The number of hydrogen-bond acceptors (Lipinski definition) is 4. The highest BCUT2D eigenvalue weighted by Crippen LogP contribution is 2.31. The van der Waals surface area contributed by atoms with Crippen LogP contribution in [0, 0.1) is 0 Å². The molecule has 24 heavy (non-hydrogen) atoms. The van der Waals surface area contributed by atoms with Crippen LogP contribution in [-0.2, 0) is 11.3 Å². The fraction of sp³-hybridized carbons (Fsp3) is 0.588. The Hall–Kier alpha value is -2.15. The van der Waals surface area contributed by atoms with E-state index < -0.39 is 5.54 Å². The molecule has 130 valence electrons. The number of likely N-dealkylation sites (N-methyl/N-ethyl adjacent to an activating group) is 1. The second-order valence-corrected chi connectivity index (χ2v) is 6.37. The van der Waals surface area contributed by atoms with Gasteiger partial charge in [0.15, 0.2) is 0 Å². The maximum absolute atomic E-state index is 12.4. The number of piperazine rings is 1. The first-order valence-corrected chi connectivity index (χ1v) is 8.61. The zero-order valence-electron chi connectivity index (χ0n) is 14.1. The molecule has 0 radical (unpaired) electrons. The number of hydrogen-bond donors (Lipinski definition) is 2. The molecule has 0 saturated carbocycles. The third-order valence-electron chi connectivity index (χ3n) is 5.12. The lowest BCUT2D eigenvalue weighted by Gasteiger charge is -2.49. The van der Waals surface area contributed by atoms with Gasteiger partial charge in [0.05, 0.1) is 0 Å². The SMILES string of the molecule is CCN1CCNC(=O)C12CCN(C(=O)NCc1cccnc1)CC2. The van der Waals surface area contributed by atoms with Gasteiger partial charge in [0.2, 0.25) is 5.91 Å². The molecule has 0 unspecified atom stereocenters. The molecule has 2 aliphatic heterocycles. The van der Waals surface area contributed by atoms with Gasteiger partial charge >= 0.3 is 6.03 Å². The summed E-state index contributed by atoms with van der Waals surface area (Å²) >= 11 is 0. The normalized spacial score (nSPS) is 20.7. The Kier molecular flexibility index (Phi) is 4.99. The van der Waals surface area contributed by atoms with Crippen LogP contribution in [0.2, 0.25) is 0 Å². The average molecular weight is 331 g/mol. The number of amides is 3. The van der Waals surface area contributed by atoms with Crippen LogP contribution in [0.25, 0.3) is 0 Å². The summed E-state index contributed by atoms with van der Waals surface area (Å²) in [6.45, 7) is 6.22. The Balaban J connectivity index is 1.56. The van der Waals surface area contributed by atoms with Crippen molar-refractivity contribution in [3.8, 4) is 0 Å². The lowest BCUT2D eigenvalue weighted by molar-refractivity contribution is -0.140. The average Bonchev–Trinajstić information content (AvgIpc) is 2.63. The molecule has 1 spiro atoms. The van der Waals surface area contributed by atoms with Crippen LogP contribution in [0.1, 0.15) is 25.3 Å². The van der Waals surface area contributed by atoms with Crippen molar-refractivity contribution in [3.05, 3.63) is 30.1 Å². The number of nitrogens with one attached hydrogen (secondary N) is 2. The number of carbonyl (C=O) groups excluding carboxylic acids is 2. The smallest absolute Gasteiger partial charge is 0.317 e. The van der Waals surface area contributed by atoms with E-state index in [0.29, 0.717) is 39.0 Å². The van der Waals surface area contributed by atoms with Crippen LogP contribution in [0.4, 0.5) is 4.79 Å². The van der Waals surface area contributed by atoms with Gasteiger partial charge < -0.3 is 15.5 Å². The van der Waals surface area contributed by atoms with Crippen molar-refractivity contribution in [2.45, 2.75) is 31.8 Å². The van der Waals surface area contributed by atoms with Gasteiger partial charge in [-0.15, -0.1) is 0 Å². The van der Waals surface area contributed by atoms with Gasteiger partial charge in [-0.1, -0.05) is 13.0 Å². The minimum atomic E-state index is -0.437. The standard InChI is InChI=1S/C17H25N5O2/c1-2-22-11-8-19-15(23)17(22)5-9-21(10-6-17)16(24)20-13-14-4-3-7-18-12-14/h3-4,7,12H,2,5-6,8-11,13H2,1H3,(H,19,23)(H,20,24). The number of pyridine rings is 1. The quantitative estimate of drug-likeness (QED) is 0.849. The molecule has 1 aromatic rings. The lowest BCUT2D eigenvalue weighted by Crippen LogP contribution is -2.68. The van der Waals surface area contributed by atoms with Crippen LogP contribution in [0.15, 0.2) is 24.5 Å². The monoisotopic (exact) mass is 331 g/mol. The molecule has 1 aromatic heterocycles. The summed E-state index contributed by atoms with van der Waals surface area (Å²) in [6, 6.07) is 3.71. The van der Waals surface area contributed by atoms with E-state index in [1.807, 2.05) is 12.1 Å². The fourth-order valence-corrected chi connectivity index (χ4v) is 3.70. The Bertz CT molecular complexity index is 584. The van der Waals surface area contributed by atoms with Crippen molar-refractivity contribution in [3.63, 3.8) is 0 Å². The largest absolute Gasteiger partial charge is 0.353 e. The fourth-order valence-electron chi connectivity index (χ4n) is 3.70. The Morgan fingerprint density at radius 3 is 2.83 bits per heavy atom. The van der Waals surface area contributed by atoms with Gasteiger partial charge in [-0.2, -0.15) is 0 Å². The predicted octanol–water partition coefficient (Wildman–Crippen LogP) is 0.578. The molecule has 0 aliphatic carbocycles. The molecule has 7 heteroatoms. The second kappa shape index (κ2) is 7.17. The highest BCUT2D eigenvalue weighted by Gasteiger charge is 2.47. The van der Waals surface area contributed by atoms with Crippen molar-refractivity contribution in [1.29, 1.82) is 0 Å². The maximum Gasteiger partial charge on any atom is 0.317 e. The summed E-state index contributed by atoms with van der Waals surface area (Å²) in [6.07, 6.45) is 4.83. The highest BCUT2D eigenvalue weighted by atomic mass is 16.2. The summed E-state index contributed by atoms with van der Waals surface area (Å²) < 4.78 is 0. The van der Waals surface area contributed by atoms with Gasteiger partial charge in [0.1, 0.15) is 5.54 Å². The van der Waals surface area contributed by atoms with Crippen molar-refractivity contribution in [2.75, 3.05) is 32.7 Å². The summed E-state index contributed by atoms with van der Waals surface area (Å²) in [5.41, 5.74) is 0.538. The van der Waals surface area contributed by atoms with Crippen molar-refractivity contribution < 1.29 is 9.59 Å². The van der Waals surface area contributed by atoms with Crippen molar-refractivity contribution in [1.82, 2.24) is 25.4 Å². The van der Waals surface area contributed by atoms with Gasteiger partial charge in [-0.05, 0) is 31.0 Å². The van der Waals surface area contributed by atoms with E-state index in [1.165, 1.54) is 0 Å². The van der Waals surface area contributed by atoms with E-state index in [9.17, 15) is 9.59 Å². The third-order valence-corrected chi connectivity index (χ3v) is 5.12. The summed E-state index contributed by atoms with van der Waals surface area (Å²) in [4.78, 5) is 32.9. The van der Waals surface area contributed by atoms with E-state index in [1.54, 1.807) is 17.3 Å². The summed E-state index contributed by atoms with van der Waals surface area (Å²) in [7, 11) is 0. The maximum atomic E-state index is 12.4. The predicted molar refractivity (Wildman–Crippen MR) is 90.3 cm³/mol. The van der Waals surface area contributed by atoms with Crippen molar-refractivity contribution >= 4 is 11.9 Å². The molecular formula is C17H25N5O2. The zero-order valence-corrected chi connectivity index (χ0v) is 14.1. The first-order valence-electron chi connectivity index (χ1n) is 8.61. The van der Waals surface area contributed by atoms with E-state index in [-0.39, 0.29) is 11.9 Å². The van der Waals surface area contributed by atoms with Crippen LogP contribution in [0.5, 0.6) is 0 Å². The van der Waals surface area contributed by atoms with E-state index in [2.05, 4.69) is 27.4 Å². The summed E-state index contributed by atoms with van der Waals surface area (Å²) in [5, 5.41) is 5.92. The number of aromatic nitrogens is 1. The van der Waals surface area contributed by atoms with Gasteiger partial charge in [0, 0.05) is 45.1 Å². The first kappa shape index (κ1) is 16.7. The highest BCUT2D eigenvalue weighted by molar-refractivity contribution is 5.87. The Labute approximate surface area is 142 Å². The van der Waals surface area contributed by atoms with E-state index in [0.717, 1.165) is 18.7 Å². The first-order chi connectivity index (χ1) is 11.7. The summed E-state index contributed by atoms with van der Waals surface area (Å²) in [5.74, 6) is 0.117. The Morgan fingerprint density at radius 2 is 2.17 bits per heavy atom. The third kappa shape index (κ3) is 3.21. The Morgan fingerprint density at radius 1 is 1.38 bits per heavy atom. The number of piperidine rings is 1. The molecule has 3 amide bonds. The molecule has 2 aliphatic rings. The molecule has 3 rings (SSSR count). The molecule has 2 fully saturated rings. The second-order valence-electron chi connectivity index (χ2n) is 6.37. The molecule has 2 saturated heterocycles. The number of likely N-dealkylation sites (tertiary alicyclic amines) is 1. The van der Waals surface area contributed by atoms with Crippen LogP contribution in [0.3, 0.4) is 0 Å². The molecule has 7 nitrogen and oxygen atoms in total. The minimum absolute atomic E-state index is 0.0760. The molecule has 2 N–H and O–H groups in total. The number of urea groups is 1. The van der Waals surface area contributed by atoms with Crippen LogP contribution in [-0.4, -0.2) is 65.0 Å². The number of rotatable bonds is 3. The van der Waals surface area contributed by atoms with Crippen molar-refractivity contribution in [2.24, 2.45) is 0 Å². The number of carbonyl (C=O) groups is 2. The van der Waals surface area contributed by atoms with Gasteiger partial charge in [-0.25, -0.2) is 4.79 Å². The minimum Gasteiger partial charge on any atom is -0.353 e. The molecule has 0 atom stereocenters. The molecule has 0 bridgehead atoms. The lowest BCUT2D eigenvalue weighted by atomic mass is 9.83. The van der Waals surface area contributed by atoms with Gasteiger partial charge in [0.25, 0.3) is 0 Å². The zero-order chi connectivity index (χ0) is 17.0. The molecule has 0 aromatic carbocycles. The topological polar surface area (TPSA) is 77.6 Å². The molecular weight excluding hydrogens is 306 g/mol. The van der Waals surface area contributed by atoms with Crippen LogP contribution < -0.4 is 10.6 Å². The molecule has 3 heterocycles.